The van der Waals surface area contributed by atoms with Gasteiger partial charge in [-0.2, -0.15) is 5.10 Å². The van der Waals surface area contributed by atoms with E-state index in [1.807, 2.05) is 0 Å². The number of halogens is 2. The van der Waals surface area contributed by atoms with Crippen molar-refractivity contribution in [3.05, 3.63) is 57.5 Å². The zero-order valence-corrected chi connectivity index (χ0v) is 13.4. The average molecular weight is 355 g/mol. The molecule has 128 valence electrons. The molecule has 1 aliphatic rings. The van der Waals surface area contributed by atoms with Crippen LogP contribution in [0, 0.1) is 11.6 Å². The number of aromatic nitrogens is 2. The normalized spacial score (nSPS) is 13.9. The van der Waals surface area contributed by atoms with E-state index in [9.17, 15) is 22.0 Å². The molecule has 0 fully saturated rings. The van der Waals surface area contributed by atoms with E-state index < -0.39 is 26.6 Å². The summed E-state index contributed by atoms with van der Waals surface area (Å²) in [5.41, 5.74) is 1.48. The largest absolute Gasteiger partial charge is 0.268 e. The molecule has 2 aromatic rings. The predicted octanol–water partition coefficient (Wildman–Crippen LogP) is 0.989. The molecule has 0 atom stereocenters. The van der Waals surface area contributed by atoms with Gasteiger partial charge in [-0.25, -0.2) is 26.6 Å². The van der Waals surface area contributed by atoms with Gasteiger partial charge >= 0.3 is 0 Å². The lowest BCUT2D eigenvalue weighted by molar-refractivity contribution is 0.528. The number of rotatable bonds is 5. The minimum absolute atomic E-state index is 0.0220. The maximum atomic E-state index is 13.6. The zero-order valence-electron chi connectivity index (χ0n) is 12.6. The summed E-state index contributed by atoms with van der Waals surface area (Å²) in [5.74, 6) is -2.03. The molecule has 0 bridgehead atoms. The first-order valence-corrected chi connectivity index (χ1v) is 8.90. The maximum Gasteiger partial charge on any atom is 0.267 e. The Kier molecular flexibility index (Phi) is 4.46. The van der Waals surface area contributed by atoms with Gasteiger partial charge in [-0.05, 0) is 37.0 Å². The summed E-state index contributed by atoms with van der Waals surface area (Å²) in [7, 11) is -4.14. The Morgan fingerprint density at radius 3 is 2.75 bits per heavy atom. The van der Waals surface area contributed by atoms with E-state index in [4.69, 9.17) is 0 Å². The molecular weight excluding hydrogens is 340 g/mol. The molecule has 1 aromatic carbocycles. The van der Waals surface area contributed by atoms with Crippen molar-refractivity contribution in [2.24, 2.45) is 0 Å². The topological polar surface area (TPSA) is 81.1 Å². The van der Waals surface area contributed by atoms with E-state index in [0.717, 1.165) is 42.7 Å². The van der Waals surface area contributed by atoms with Crippen LogP contribution in [0.15, 0.2) is 34.0 Å². The van der Waals surface area contributed by atoms with E-state index in [1.165, 1.54) is 10.7 Å². The highest BCUT2D eigenvalue weighted by Crippen LogP contribution is 2.17. The number of nitrogens with one attached hydrogen (secondary N) is 1. The quantitative estimate of drug-likeness (QED) is 0.867. The van der Waals surface area contributed by atoms with Crippen molar-refractivity contribution in [1.82, 2.24) is 14.5 Å². The summed E-state index contributed by atoms with van der Waals surface area (Å²) in [5, 5.41) is 4.22. The molecule has 1 aliphatic carbocycles. The highest BCUT2D eigenvalue weighted by atomic mass is 32.2. The molecule has 1 heterocycles. The lowest BCUT2D eigenvalue weighted by Gasteiger charge is -2.09. The third kappa shape index (κ3) is 3.36. The summed E-state index contributed by atoms with van der Waals surface area (Å²) < 4.78 is 53.9. The van der Waals surface area contributed by atoms with Crippen LogP contribution in [0.3, 0.4) is 0 Å². The molecule has 6 nitrogen and oxygen atoms in total. The van der Waals surface area contributed by atoms with Crippen LogP contribution < -0.4 is 10.3 Å². The van der Waals surface area contributed by atoms with Crippen LogP contribution in [0.4, 0.5) is 8.78 Å². The maximum absolute atomic E-state index is 13.6. The van der Waals surface area contributed by atoms with Crippen LogP contribution in [-0.4, -0.2) is 24.7 Å². The molecule has 1 N–H and O–H groups in total. The fourth-order valence-corrected chi connectivity index (χ4v) is 3.73. The first-order valence-electron chi connectivity index (χ1n) is 7.41. The Morgan fingerprint density at radius 2 is 2.00 bits per heavy atom. The molecule has 0 spiro atoms. The molecule has 1 aromatic heterocycles. The second-order valence-electron chi connectivity index (χ2n) is 5.50. The summed E-state index contributed by atoms with van der Waals surface area (Å²) >= 11 is 0. The number of hydrogen-bond donors (Lipinski definition) is 1. The molecule has 0 saturated carbocycles. The van der Waals surface area contributed by atoms with Crippen LogP contribution in [0.1, 0.15) is 17.7 Å². The zero-order chi connectivity index (χ0) is 17.3. The second-order valence-corrected chi connectivity index (χ2v) is 7.24. The number of sulfonamides is 1. The molecule has 0 unspecified atom stereocenters. The van der Waals surface area contributed by atoms with Crippen LogP contribution in [0.25, 0.3) is 0 Å². The number of aryl methyl sites for hydroxylation is 2. The monoisotopic (exact) mass is 355 g/mol. The van der Waals surface area contributed by atoms with Crippen molar-refractivity contribution in [2.45, 2.75) is 30.7 Å². The average Bonchev–Trinajstić information content (AvgIpc) is 2.93. The third-order valence-electron chi connectivity index (χ3n) is 3.82. The van der Waals surface area contributed by atoms with E-state index in [1.54, 1.807) is 0 Å². The summed E-state index contributed by atoms with van der Waals surface area (Å²) in [4.78, 5) is 11.3. The summed E-state index contributed by atoms with van der Waals surface area (Å²) in [6, 6.07) is 3.74. The number of fused-ring (bicyclic) bond motifs is 1. The Hall–Kier alpha value is -2.13. The van der Waals surface area contributed by atoms with Crippen molar-refractivity contribution < 1.29 is 17.2 Å². The van der Waals surface area contributed by atoms with Crippen molar-refractivity contribution in [3.63, 3.8) is 0 Å². The van der Waals surface area contributed by atoms with E-state index >= 15 is 0 Å². The fourth-order valence-electron chi connectivity index (χ4n) is 2.66. The Labute approximate surface area is 137 Å². The number of hydrogen-bond acceptors (Lipinski definition) is 4. The molecule has 9 heteroatoms. The van der Waals surface area contributed by atoms with Gasteiger partial charge in [0.1, 0.15) is 16.5 Å². The van der Waals surface area contributed by atoms with Crippen molar-refractivity contribution in [1.29, 1.82) is 0 Å². The van der Waals surface area contributed by atoms with Gasteiger partial charge in [0, 0.05) is 18.7 Å². The smallest absolute Gasteiger partial charge is 0.267 e. The fraction of sp³-hybridized carbons (Fsp3) is 0.333. The molecular formula is C15H15F2N3O3S. The third-order valence-corrected chi connectivity index (χ3v) is 5.32. The summed E-state index contributed by atoms with van der Waals surface area (Å²) in [6.07, 6.45) is 2.57. The SMILES string of the molecule is O=c1cc2c(nn1CCNS(=O)(=O)c1ccc(F)cc1F)CCC2. The van der Waals surface area contributed by atoms with Crippen LogP contribution >= 0.6 is 0 Å². The highest BCUT2D eigenvalue weighted by Gasteiger charge is 2.19. The van der Waals surface area contributed by atoms with Crippen LogP contribution in [-0.2, 0) is 29.4 Å². The van der Waals surface area contributed by atoms with Gasteiger partial charge in [0.05, 0.1) is 12.2 Å². The Balaban J connectivity index is 1.71. The Morgan fingerprint density at radius 1 is 1.21 bits per heavy atom. The molecule has 0 saturated heterocycles. The minimum Gasteiger partial charge on any atom is -0.268 e. The number of benzene rings is 1. The van der Waals surface area contributed by atoms with E-state index in [2.05, 4.69) is 9.82 Å². The summed E-state index contributed by atoms with van der Waals surface area (Å²) in [6.45, 7) is -0.112. The predicted molar refractivity (Wildman–Crippen MR) is 82.1 cm³/mol. The van der Waals surface area contributed by atoms with Gasteiger partial charge in [0.25, 0.3) is 5.56 Å². The van der Waals surface area contributed by atoms with Crippen molar-refractivity contribution in [2.75, 3.05) is 6.54 Å². The van der Waals surface area contributed by atoms with Gasteiger partial charge in [-0.1, -0.05) is 0 Å². The van der Waals surface area contributed by atoms with Crippen LogP contribution in [0.5, 0.6) is 0 Å². The first-order chi connectivity index (χ1) is 11.4. The molecule has 0 aliphatic heterocycles. The van der Waals surface area contributed by atoms with E-state index in [0.29, 0.717) is 6.07 Å². The van der Waals surface area contributed by atoms with Gasteiger partial charge < -0.3 is 0 Å². The minimum atomic E-state index is -4.14. The van der Waals surface area contributed by atoms with Gasteiger partial charge in [0.15, 0.2) is 0 Å². The van der Waals surface area contributed by atoms with Gasteiger partial charge in [0.2, 0.25) is 10.0 Å². The van der Waals surface area contributed by atoms with Gasteiger partial charge in [-0.3, -0.25) is 4.79 Å². The first kappa shape index (κ1) is 16.7. The van der Waals surface area contributed by atoms with Crippen molar-refractivity contribution >= 4 is 10.0 Å². The lowest BCUT2D eigenvalue weighted by Crippen LogP contribution is -2.32. The van der Waals surface area contributed by atoms with Gasteiger partial charge in [-0.15, -0.1) is 0 Å². The molecule has 24 heavy (non-hydrogen) atoms. The second kappa shape index (κ2) is 6.40. The molecule has 0 radical (unpaired) electrons. The molecule has 0 amide bonds. The Bertz CT molecular complexity index is 941. The standard InChI is InChI=1S/C15H15F2N3O3S/c16-11-4-5-14(12(17)9-11)24(22,23)18-6-7-20-15(21)8-10-2-1-3-13(10)19-20/h4-5,8-9,18H,1-3,6-7H2. The molecule has 3 rings (SSSR count). The highest BCUT2D eigenvalue weighted by molar-refractivity contribution is 7.89. The number of nitrogens with zero attached hydrogens (tertiary/aromatic N) is 2. The lowest BCUT2D eigenvalue weighted by atomic mass is 10.2. The van der Waals surface area contributed by atoms with E-state index in [-0.39, 0.29) is 18.6 Å². The van der Waals surface area contributed by atoms with Crippen LogP contribution in [0.2, 0.25) is 0 Å². The van der Waals surface area contributed by atoms with Crippen molar-refractivity contribution in [3.8, 4) is 0 Å².